The van der Waals surface area contributed by atoms with Gasteiger partial charge in [0.05, 0.1) is 11.5 Å². The molecule has 0 aliphatic heterocycles. The van der Waals surface area contributed by atoms with E-state index < -0.39 is 0 Å². The van der Waals surface area contributed by atoms with Crippen molar-refractivity contribution in [2.75, 3.05) is 22.1 Å². The fraction of sp³-hybridized carbons (Fsp3) is 0.250. The smallest absolute Gasteiger partial charge is 0.236 e. The van der Waals surface area contributed by atoms with Crippen molar-refractivity contribution in [3.63, 3.8) is 0 Å². The van der Waals surface area contributed by atoms with Gasteiger partial charge in [0.25, 0.3) is 0 Å². The molecule has 0 unspecified atom stereocenters. The number of carbonyl (C=O) groups is 2. The van der Waals surface area contributed by atoms with Crippen LogP contribution in [-0.2, 0) is 15.3 Å². The molecule has 8 nitrogen and oxygen atoms in total. The van der Waals surface area contributed by atoms with Gasteiger partial charge in [0.2, 0.25) is 22.1 Å². The van der Waals surface area contributed by atoms with Crippen molar-refractivity contribution in [3.05, 3.63) is 40.9 Å². The summed E-state index contributed by atoms with van der Waals surface area (Å²) in [4.78, 5) is 23.9. The lowest BCUT2D eigenvalue weighted by molar-refractivity contribution is -0.114. The van der Waals surface area contributed by atoms with Gasteiger partial charge in [-0.2, -0.15) is 0 Å². The number of benzene rings is 1. The zero-order valence-electron chi connectivity index (χ0n) is 14.7. The minimum absolute atomic E-state index is 0.127. The molecule has 0 saturated carbocycles. The van der Waals surface area contributed by atoms with Crippen molar-refractivity contribution in [2.45, 2.75) is 17.0 Å². The maximum atomic E-state index is 12.0. The van der Waals surface area contributed by atoms with Gasteiger partial charge in [-0.25, -0.2) is 0 Å². The van der Waals surface area contributed by atoms with E-state index in [2.05, 4.69) is 31.0 Å². The fourth-order valence-electron chi connectivity index (χ4n) is 1.94. The Balaban J connectivity index is 1.37. The van der Waals surface area contributed by atoms with Crippen molar-refractivity contribution in [1.29, 1.82) is 0 Å². The highest BCUT2D eigenvalue weighted by molar-refractivity contribution is 8.01. The van der Waals surface area contributed by atoms with Crippen LogP contribution in [0.4, 0.5) is 10.3 Å². The van der Waals surface area contributed by atoms with Crippen LogP contribution < -0.4 is 10.6 Å². The first kappa shape index (κ1) is 20.7. The van der Waals surface area contributed by atoms with E-state index in [1.165, 1.54) is 51.8 Å². The predicted molar refractivity (Wildman–Crippen MR) is 115 cm³/mol. The molecule has 2 aromatic heterocycles. The minimum Gasteiger partial charge on any atom is -0.300 e. The number of carbonyl (C=O) groups excluding carboxylic acids is 2. The standard InChI is InChI=1S/C16H16N6O2S4/c1-10-19-20-14(27-10)18-13(24)9-26-16-22-21-15(28-16)17-12(23)8-25-7-11-5-3-2-4-6-11/h2-6H,7-9H2,1H3,(H,17,21,23)(H,18,20,24). The SMILES string of the molecule is Cc1nnc(NC(=O)CSc2nnc(NC(=O)CSCc3ccccc3)s2)s1. The van der Waals surface area contributed by atoms with Crippen molar-refractivity contribution < 1.29 is 9.59 Å². The maximum absolute atomic E-state index is 12.0. The number of nitrogens with zero attached hydrogens (tertiary/aromatic N) is 4. The Bertz CT molecular complexity index is 930. The summed E-state index contributed by atoms with van der Waals surface area (Å²) in [5.41, 5.74) is 1.18. The van der Waals surface area contributed by atoms with Crippen LogP contribution in [0.1, 0.15) is 10.6 Å². The van der Waals surface area contributed by atoms with Crippen molar-refractivity contribution in [1.82, 2.24) is 20.4 Å². The Morgan fingerprint density at radius 2 is 1.61 bits per heavy atom. The highest BCUT2D eigenvalue weighted by Gasteiger charge is 2.12. The third kappa shape index (κ3) is 6.86. The van der Waals surface area contributed by atoms with Crippen LogP contribution in [0.2, 0.25) is 0 Å². The number of hydrogen-bond acceptors (Lipinski definition) is 10. The summed E-state index contributed by atoms with van der Waals surface area (Å²) < 4.78 is 0.607. The number of hydrogen-bond donors (Lipinski definition) is 2. The Kier molecular flexibility index (Phi) is 7.77. The van der Waals surface area contributed by atoms with Crippen LogP contribution in [0.25, 0.3) is 0 Å². The third-order valence-electron chi connectivity index (χ3n) is 3.10. The lowest BCUT2D eigenvalue weighted by Gasteiger charge is -2.02. The van der Waals surface area contributed by atoms with Crippen LogP contribution in [-0.4, -0.2) is 43.7 Å². The largest absolute Gasteiger partial charge is 0.300 e. The second-order valence-corrected chi connectivity index (χ2v) is 9.73. The maximum Gasteiger partial charge on any atom is 0.236 e. The Morgan fingerprint density at radius 1 is 0.929 bits per heavy atom. The van der Waals surface area contributed by atoms with Gasteiger partial charge in [-0.1, -0.05) is 64.8 Å². The number of anilines is 2. The predicted octanol–water partition coefficient (Wildman–Crippen LogP) is 3.30. The van der Waals surface area contributed by atoms with E-state index in [1.807, 2.05) is 37.3 Å². The molecule has 12 heteroatoms. The molecule has 0 radical (unpaired) electrons. The normalized spacial score (nSPS) is 10.6. The molecular formula is C16H16N6O2S4. The third-order valence-corrected chi connectivity index (χ3v) is 6.83. The van der Waals surface area contributed by atoms with Gasteiger partial charge in [-0.15, -0.1) is 32.2 Å². The van der Waals surface area contributed by atoms with Gasteiger partial charge in [0, 0.05) is 5.75 Å². The van der Waals surface area contributed by atoms with Gasteiger partial charge >= 0.3 is 0 Å². The van der Waals surface area contributed by atoms with E-state index >= 15 is 0 Å². The summed E-state index contributed by atoms with van der Waals surface area (Å²) in [6, 6.07) is 9.98. The zero-order valence-corrected chi connectivity index (χ0v) is 18.0. The van der Waals surface area contributed by atoms with E-state index in [0.29, 0.717) is 20.4 Å². The van der Waals surface area contributed by atoms with Crippen molar-refractivity contribution in [3.8, 4) is 0 Å². The van der Waals surface area contributed by atoms with Gasteiger partial charge in [0.15, 0.2) is 4.34 Å². The van der Waals surface area contributed by atoms with Gasteiger partial charge < -0.3 is 0 Å². The molecule has 0 fully saturated rings. The van der Waals surface area contributed by atoms with Crippen LogP contribution in [0.5, 0.6) is 0 Å². The van der Waals surface area contributed by atoms with Crippen LogP contribution in [0, 0.1) is 6.92 Å². The minimum atomic E-state index is -0.195. The summed E-state index contributed by atoms with van der Waals surface area (Å²) in [6.07, 6.45) is 0. The first-order valence-electron chi connectivity index (χ1n) is 8.06. The molecule has 3 rings (SSSR count). The molecule has 2 N–H and O–H groups in total. The molecule has 0 aliphatic rings. The molecule has 0 atom stereocenters. The average molecular weight is 453 g/mol. The Labute approximate surface area is 178 Å². The molecule has 0 bridgehead atoms. The molecule has 0 aliphatic carbocycles. The highest BCUT2D eigenvalue weighted by Crippen LogP contribution is 2.26. The zero-order chi connectivity index (χ0) is 19.8. The van der Waals surface area contributed by atoms with Gasteiger partial charge in [0.1, 0.15) is 5.01 Å². The summed E-state index contributed by atoms with van der Waals surface area (Å²) in [7, 11) is 0. The number of nitrogens with one attached hydrogen (secondary N) is 2. The number of aryl methyl sites for hydroxylation is 1. The number of aromatic nitrogens is 4. The molecule has 2 amide bonds. The first-order valence-corrected chi connectivity index (χ1v) is 11.8. The summed E-state index contributed by atoms with van der Waals surface area (Å²) >= 11 is 5.34. The second-order valence-electron chi connectivity index (χ2n) is 5.36. The fourth-order valence-corrected chi connectivity index (χ4v) is 4.90. The highest BCUT2D eigenvalue weighted by atomic mass is 32.2. The molecule has 0 saturated heterocycles. The van der Waals surface area contributed by atoms with E-state index in [1.54, 1.807) is 0 Å². The molecule has 3 aromatic rings. The number of amides is 2. The number of thioether (sulfide) groups is 2. The Morgan fingerprint density at radius 3 is 2.32 bits per heavy atom. The number of rotatable bonds is 9. The molecular weight excluding hydrogens is 436 g/mol. The molecule has 1 aromatic carbocycles. The lowest BCUT2D eigenvalue weighted by atomic mass is 10.2. The molecule has 146 valence electrons. The topological polar surface area (TPSA) is 110 Å². The summed E-state index contributed by atoms with van der Waals surface area (Å²) in [5, 5.41) is 22.7. The molecule has 2 heterocycles. The Hall–Kier alpha value is -2.02. The lowest BCUT2D eigenvalue weighted by Crippen LogP contribution is -2.14. The monoisotopic (exact) mass is 452 g/mol. The summed E-state index contributed by atoms with van der Waals surface area (Å²) in [6.45, 7) is 1.82. The quantitative estimate of drug-likeness (QED) is 0.376. The van der Waals surface area contributed by atoms with Crippen molar-refractivity contribution in [2.24, 2.45) is 0 Å². The van der Waals surface area contributed by atoms with E-state index in [4.69, 9.17) is 0 Å². The van der Waals surface area contributed by atoms with E-state index in [-0.39, 0.29) is 17.6 Å². The average Bonchev–Trinajstić information content (AvgIpc) is 3.29. The van der Waals surface area contributed by atoms with Gasteiger partial charge in [-0.05, 0) is 12.5 Å². The molecule has 28 heavy (non-hydrogen) atoms. The van der Waals surface area contributed by atoms with E-state index in [9.17, 15) is 9.59 Å². The summed E-state index contributed by atoms with van der Waals surface area (Å²) in [5.74, 6) is 0.959. The molecule has 0 spiro atoms. The second kappa shape index (κ2) is 10.5. The van der Waals surface area contributed by atoms with Crippen LogP contribution >= 0.6 is 46.2 Å². The van der Waals surface area contributed by atoms with Crippen LogP contribution in [0.15, 0.2) is 34.7 Å². The van der Waals surface area contributed by atoms with Crippen molar-refractivity contribution >= 4 is 68.3 Å². The van der Waals surface area contributed by atoms with Crippen LogP contribution in [0.3, 0.4) is 0 Å². The van der Waals surface area contributed by atoms with E-state index in [0.717, 1.165) is 10.8 Å². The first-order chi connectivity index (χ1) is 13.6. The van der Waals surface area contributed by atoms with Gasteiger partial charge in [-0.3, -0.25) is 20.2 Å².